The fourth-order valence-corrected chi connectivity index (χ4v) is 1.58. The van der Waals surface area contributed by atoms with Crippen LogP contribution in [0.2, 0.25) is 0 Å². The molecule has 6 heteroatoms. The quantitative estimate of drug-likeness (QED) is 0.713. The second-order valence-corrected chi connectivity index (χ2v) is 3.62. The van der Waals surface area contributed by atoms with Gasteiger partial charge < -0.3 is 15.4 Å². The number of rotatable bonds is 5. The Morgan fingerprint density at radius 1 is 1.44 bits per heavy atom. The van der Waals surface area contributed by atoms with Crippen LogP contribution in [0.25, 0.3) is 0 Å². The topological polar surface area (TPSA) is 72.6 Å². The summed E-state index contributed by atoms with van der Waals surface area (Å²) < 4.78 is 4.81. The van der Waals surface area contributed by atoms with E-state index in [2.05, 4.69) is 0 Å². The smallest absolute Gasteiger partial charge is 0.325 e. The van der Waals surface area contributed by atoms with Gasteiger partial charge in [0, 0.05) is 6.04 Å². The highest BCUT2D eigenvalue weighted by Crippen LogP contribution is 2.24. The van der Waals surface area contributed by atoms with Gasteiger partial charge in [-0.05, 0) is 26.2 Å². The molecule has 0 unspecified atom stereocenters. The third kappa shape index (κ3) is 3.98. The molecule has 2 N–H and O–H groups in total. The van der Waals surface area contributed by atoms with E-state index in [0.29, 0.717) is 6.61 Å². The van der Waals surface area contributed by atoms with E-state index in [0.717, 1.165) is 19.3 Å². The number of hydrogen-bond donors (Lipinski definition) is 1. The summed E-state index contributed by atoms with van der Waals surface area (Å²) in [4.78, 5) is 24.3. The van der Waals surface area contributed by atoms with Crippen LogP contribution in [0.5, 0.6) is 0 Å². The number of carbonyl (C=O) groups excluding carboxylic acids is 2. The van der Waals surface area contributed by atoms with Crippen molar-refractivity contribution in [3.63, 3.8) is 0 Å². The van der Waals surface area contributed by atoms with Gasteiger partial charge in [-0.15, -0.1) is 12.4 Å². The standard InChI is InChI=1S/C10H18N2O3.ClH/c1-2-15-10(14)7-12(9(13)6-11)8-4-3-5-8;/h8H,2-7,11H2,1H3;1H. The number of amides is 1. The predicted molar refractivity (Wildman–Crippen MR) is 62.3 cm³/mol. The summed E-state index contributed by atoms with van der Waals surface area (Å²) in [5.41, 5.74) is 5.30. The van der Waals surface area contributed by atoms with Gasteiger partial charge in [0.25, 0.3) is 0 Å². The Labute approximate surface area is 102 Å². The van der Waals surface area contributed by atoms with Crippen LogP contribution in [-0.2, 0) is 14.3 Å². The summed E-state index contributed by atoms with van der Waals surface area (Å²) in [5, 5.41) is 0. The van der Waals surface area contributed by atoms with E-state index in [1.165, 1.54) is 0 Å². The third-order valence-corrected chi connectivity index (χ3v) is 2.62. The Balaban J connectivity index is 0.00000225. The maximum absolute atomic E-state index is 11.5. The van der Waals surface area contributed by atoms with E-state index in [-0.39, 0.29) is 43.4 Å². The summed E-state index contributed by atoms with van der Waals surface area (Å²) in [6, 6.07) is 0.186. The number of ether oxygens (including phenoxy) is 1. The Morgan fingerprint density at radius 2 is 2.06 bits per heavy atom. The molecule has 0 radical (unpaired) electrons. The number of halogens is 1. The molecule has 0 spiro atoms. The molecule has 0 aromatic rings. The Hall–Kier alpha value is -0.810. The van der Waals surface area contributed by atoms with Crippen LogP contribution in [0.4, 0.5) is 0 Å². The van der Waals surface area contributed by atoms with Gasteiger partial charge in [0.1, 0.15) is 6.54 Å². The zero-order chi connectivity index (χ0) is 11.3. The molecular weight excluding hydrogens is 232 g/mol. The number of esters is 1. The fourth-order valence-electron chi connectivity index (χ4n) is 1.58. The van der Waals surface area contributed by atoms with Crippen molar-refractivity contribution in [2.24, 2.45) is 5.73 Å². The van der Waals surface area contributed by atoms with Crippen molar-refractivity contribution in [2.75, 3.05) is 19.7 Å². The summed E-state index contributed by atoms with van der Waals surface area (Å²) in [6.45, 7) is 2.08. The molecule has 0 aromatic carbocycles. The number of carbonyl (C=O) groups is 2. The van der Waals surface area contributed by atoms with Crippen molar-refractivity contribution in [2.45, 2.75) is 32.2 Å². The molecule has 1 aliphatic carbocycles. The van der Waals surface area contributed by atoms with E-state index in [1.807, 2.05) is 0 Å². The first-order valence-electron chi connectivity index (χ1n) is 5.34. The second kappa shape index (κ2) is 7.46. The SMILES string of the molecule is CCOC(=O)CN(C(=O)CN)C1CCC1.Cl. The molecule has 1 aliphatic rings. The zero-order valence-electron chi connectivity index (χ0n) is 9.48. The van der Waals surface area contributed by atoms with Crippen molar-refractivity contribution in [3.8, 4) is 0 Å². The maximum Gasteiger partial charge on any atom is 0.325 e. The minimum absolute atomic E-state index is 0. The summed E-state index contributed by atoms with van der Waals surface area (Å²) in [5.74, 6) is -0.529. The molecular formula is C10H19ClN2O3. The largest absolute Gasteiger partial charge is 0.465 e. The molecule has 16 heavy (non-hydrogen) atoms. The van der Waals surface area contributed by atoms with Crippen LogP contribution in [0.3, 0.4) is 0 Å². The van der Waals surface area contributed by atoms with Gasteiger partial charge in [-0.2, -0.15) is 0 Å². The first-order valence-corrected chi connectivity index (χ1v) is 5.34. The van der Waals surface area contributed by atoms with Gasteiger partial charge in [0.2, 0.25) is 5.91 Å². The average Bonchev–Trinajstić information content (AvgIpc) is 2.13. The molecule has 1 fully saturated rings. The van der Waals surface area contributed by atoms with Crippen molar-refractivity contribution in [3.05, 3.63) is 0 Å². The number of nitrogens with two attached hydrogens (primary N) is 1. The molecule has 0 bridgehead atoms. The van der Waals surface area contributed by atoms with E-state index >= 15 is 0 Å². The lowest BCUT2D eigenvalue weighted by Gasteiger charge is -2.36. The number of nitrogens with zero attached hydrogens (tertiary/aromatic N) is 1. The van der Waals surface area contributed by atoms with Gasteiger partial charge in [0.15, 0.2) is 0 Å². The molecule has 0 atom stereocenters. The van der Waals surface area contributed by atoms with Crippen LogP contribution in [0, 0.1) is 0 Å². The lowest BCUT2D eigenvalue weighted by atomic mass is 9.91. The van der Waals surface area contributed by atoms with Gasteiger partial charge in [-0.3, -0.25) is 9.59 Å². The molecule has 0 heterocycles. The first-order chi connectivity index (χ1) is 7.19. The minimum atomic E-state index is -0.355. The van der Waals surface area contributed by atoms with Crippen LogP contribution in [0.1, 0.15) is 26.2 Å². The van der Waals surface area contributed by atoms with Crippen LogP contribution in [0.15, 0.2) is 0 Å². The van der Waals surface area contributed by atoms with Crippen molar-refractivity contribution < 1.29 is 14.3 Å². The van der Waals surface area contributed by atoms with Crippen molar-refractivity contribution >= 4 is 24.3 Å². The molecule has 0 aromatic heterocycles. The van der Waals surface area contributed by atoms with Gasteiger partial charge in [-0.1, -0.05) is 0 Å². The van der Waals surface area contributed by atoms with Crippen molar-refractivity contribution in [1.82, 2.24) is 4.90 Å². The van der Waals surface area contributed by atoms with Gasteiger partial charge in [-0.25, -0.2) is 0 Å². The predicted octanol–water partition coefficient (Wildman–Crippen LogP) is 0.311. The summed E-state index contributed by atoms with van der Waals surface area (Å²) in [7, 11) is 0. The van der Waals surface area contributed by atoms with Crippen molar-refractivity contribution in [1.29, 1.82) is 0 Å². The van der Waals surface area contributed by atoms with Gasteiger partial charge >= 0.3 is 5.97 Å². The highest BCUT2D eigenvalue weighted by atomic mass is 35.5. The normalized spacial score (nSPS) is 14.6. The van der Waals surface area contributed by atoms with Gasteiger partial charge in [0.05, 0.1) is 13.2 Å². The van der Waals surface area contributed by atoms with Crippen LogP contribution >= 0.6 is 12.4 Å². The lowest BCUT2D eigenvalue weighted by Crippen LogP contribution is -2.49. The first kappa shape index (κ1) is 15.2. The zero-order valence-corrected chi connectivity index (χ0v) is 10.3. The molecule has 1 amide bonds. The average molecular weight is 251 g/mol. The fraction of sp³-hybridized carbons (Fsp3) is 0.800. The summed E-state index contributed by atoms with van der Waals surface area (Å²) in [6.07, 6.45) is 3.04. The molecule has 0 saturated heterocycles. The third-order valence-electron chi connectivity index (χ3n) is 2.62. The highest BCUT2D eigenvalue weighted by molar-refractivity contribution is 5.85. The molecule has 5 nitrogen and oxygen atoms in total. The second-order valence-electron chi connectivity index (χ2n) is 3.62. The summed E-state index contributed by atoms with van der Waals surface area (Å²) >= 11 is 0. The minimum Gasteiger partial charge on any atom is -0.465 e. The highest BCUT2D eigenvalue weighted by Gasteiger charge is 2.29. The Kier molecular flexibility index (Phi) is 7.08. The maximum atomic E-state index is 11.5. The van der Waals surface area contributed by atoms with E-state index < -0.39 is 0 Å². The Bertz CT molecular complexity index is 244. The van der Waals surface area contributed by atoms with E-state index in [9.17, 15) is 9.59 Å². The molecule has 1 rings (SSSR count). The molecule has 0 aliphatic heterocycles. The molecule has 1 saturated carbocycles. The Morgan fingerprint density at radius 3 is 2.44 bits per heavy atom. The van der Waals surface area contributed by atoms with E-state index in [1.54, 1.807) is 11.8 Å². The van der Waals surface area contributed by atoms with Crippen LogP contribution < -0.4 is 5.73 Å². The van der Waals surface area contributed by atoms with E-state index in [4.69, 9.17) is 10.5 Å². The molecule has 94 valence electrons. The lowest BCUT2D eigenvalue weighted by molar-refractivity contribution is -0.151. The number of hydrogen-bond acceptors (Lipinski definition) is 4. The van der Waals surface area contributed by atoms with Crippen LogP contribution in [-0.4, -0.2) is 42.5 Å². The monoisotopic (exact) mass is 250 g/mol.